The average Bonchev–Trinajstić information content (AvgIpc) is 3.10. The highest BCUT2D eigenvalue weighted by molar-refractivity contribution is 5.96. The summed E-state index contributed by atoms with van der Waals surface area (Å²) in [4.78, 5) is 41.0. The predicted molar refractivity (Wildman–Crippen MR) is 114 cm³/mol. The van der Waals surface area contributed by atoms with Crippen molar-refractivity contribution in [2.24, 2.45) is 0 Å². The maximum Gasteiger partial charge on any atom is 0.258 e. The molecule has 8 nitrogen and oxygen atoms in total. The molecule has 3 aromatic rings. The molecule has 0 spiro atoms. The van der Waals surface area contributed by atoms with Gasteiger partial charge in [0, 0.05) is 12.0 Å². The summed E-state index contributed by atoms with van der Waals surface area (Å²) in [5.74, 6) is -0.469. The zero-order chi connectivity index (χ0) is 21.7. The number of rotatable bonds is 6. The number of para-hydroxylation sites is 2. The number of hydrogen-bond acceptors (Lipinski definition) is 4. The van der Waals surface area contributed by atoms with E-state index in [0.29, 0.717) is 12.0 Å². The van der Waals surface area contributed by atoms with Crippen molar-refractivity contribution in [2.45, 2.75) is 33.7 Å². The smallest absolute Gasteiger partial charge is 0.258 e. The highest BCUT2D eigenvalue weighted by Gasteiger charge is 2.13. The topological polar surface area (TPSA) is 105 Å². The van der Waals surface area contributed by atoms with E-state index in [1.807, 2.05) is 55.7 Å². The summed E-state index contributed by atoms with van der Waals surface area (Å²) in [6.07, 6.45) is 0.679. The molecule has 0 saturated carbocycles. The molecule has 0 aliphatic rings. The van der Waals surface area contributed by atoms with Gasteiger partial charge in [0.25, 0.3) is 17.7 Å². The van der Waals surface area contributed by atoms with Crippen LogP contribution in [0.15, 0.2) is 42.5 Å². The van der Waals surface area contributed by atoms with Crippen molar-refractivity contribution >= 4 is 28.8 Å². The molecule has 8 heteroatoms. The third-order valence-corrected chi connectivity index (χ3v) is 4.87. The van der Waals surface area contributed by atoms with Gasteiger partial charge < -0.3 is 9.88 Å². The number of hydrogen-bond donors (Lipinski definition) is 3. The SMILES string of the molecule is CCc1nc2ccccc2n1CC(=O)NNC(=O)CNC(=O)c1ccc(C)c(C)c1. The van der Waals surface area contributed by atoms with E-state index in [4.69, 9.17) is 0 Å². The van der Waals surface area contributed by atoms with E-state index >= 15 is 0 Å². The Morgan fingerprint density at radius 2 is 1.70 bits per heavy atom. The molecule has 0 saturated heterocycles. The summed E-state index contributed by atoms with van der Waals surface area (Å²) < 4.78 is 1.82. The van der Waals surface area contributed by atoms with E-state index in [1.54, 1.807) is 12.1 Å². The van der Waals surface area contributed by atoms with Gasteiger partial charge in [-0.15, -0.1) is 0 Å². The number of carbonyl (C=O) groups excluding carboxylic acids is 3. The number of nitrogens with zero attached hydrogens (tertiary/aromatic N) is 2. The van der Waals surface area contributed by atoms with Crippen LogP contribution in [0.3, 0.4) is 0 Å². The lowest BCUT2D eigenvalue weighted by Gasteiger charge is -2.11. The van der Waals surface area contributed by atoms with Crippen molar-refractivity contribution in [3.8, 4) is 0 Å². The monoisotopic (exact) mass is 407 g/mol. The Balaban J connectivity index is 1.51. The van der Waals surface area contributed by atoms with Crippen LogP contribution in [-0.2, 0) is 22.6 Å². The normalized spacial score (nSPS) is 10.6. The molecule has 0 radical (unpaired) electrons. The van der Waals surface area contributed by atoms with Gasteiger partial charge in [0.05, 0.1) is 17.6 Å². The van der Waals surface area contributed by atoms with Gasteiger partial charge in [0.1, 0.15) is 12.4 Å². The maximum absolute atomic E-state index is 12.3. The van der Waals surface area contributed by atoms with Crippen molar-refractivity contribution in [1.82, 2.24) is 25.7 Å². The summed E-state index contributed by atoms with van der Waals surface area (Å²) in [6.45, 7) is 5.62. The van der Waals surface area contributed by atoms with Gasteiger partial charge in [-0.3, -0.25) is 25.2 Å². The van der Waals surface area contributed by atoms with Gasteiger partial charge in [-0.2, -0.15) is 0 Å². The predicted octanol–water partition coefficient (Wildman–Crippen LogP) is 1.79. The van der Waals surface area contributed by atoms with Crippen LogP contribution in [-0.4, -0.2) is 33.8 Å². The number of imidazole rings is 1. The minimum Gasteiger partial charge on any atom is -0.343 e. The molecule has 0 fully saturated rings. The minimum atomic E-state index is -0.522. The van der Waals surface area contributed by atoms with Crippen molar-refractivity contribution in [1.29, 1.82) is 0 Å². The Morgan fingerprint density at radius 1 is 0.967 bits per heavy atom. The number of benzene rings is 2. The number of hydrazine groups is 1. The van der Waals surface area contributed by atoms with Crippen LogP contribution in [0.1, 0.15) is 34.2 Å². The molecule has 3 amide bonds. The molecule has 3 rings (SSSR count). The molecular formula is C22H25N5O3. The highest BCUT2D eigenvalue weighted by atomic mass is 16.2. The van der Waals surface area contributed by atoms with E-state index in [2.05, 4.69) is 21.2 Å². The standard InChI is InChI=1S/C22H25N5O3/c1-4-19-24-17-7-5-6-8-18(17)27(19)13-21(29)26-25-20(28)12-23-22(30)16-10-9-14(2)15(3)11-16/h5-11H,4,12-13H2,1-3H3,(H,23,30)(H,25,28)(H,26,29). The lowest BCUT2D eigenvalue weighted by molar-refractivity contribution is -0.128. The summed E-state index contributed by atoms with van der Waals surface area (Å²) in [7, 11) is 0. The fourth-order valence-electron chi connectivity index (χ4n) is 3.08. The zero-order valence-corrected chi connectivity index (χ0v) is 17.3. The number of aryl methyl sites for hydroxylation is 3. The molecule has 3 N–H and O–H groups in total. The maximum atomic E-state index is 12.3. The summed E-state index contributed by atoms with van der Waals surface area (Å²) in [5, 5.41) is 2.54. The second-order valence-electron chi connectivity index (χ2n) is 7.03. The van der Waals surface area contributed by atoms with Crippen LogP contribution in [0.4, 0.5) is 0 Å². The van der Waals surface area contributed by atoms with Crippen molar-refractivity contribution in [3.63, 3.8) is 0 Å². The van der Waals surface area contributed by atoms with Crippen molar-refractivity contribution < 1.29 is 14.4 Å². The third kappa shape index (κ3) is 4.83. The van der Waals surface area contributed by atoms with Crippen LogP contribution in [0.2, 0.25) is 0 Å². The van der Waals surface area contributed by atoms with Gasteiger partial charge in [0.2, 0.25) is 0 Å². The summed E-state index contributed by atoms with van der Waals surface area (Å²) in [6, 6.07) is 12.9. The van der Waals surface area contributed by atoms with Gasteiger partial charge in [-0.05, 0) is 49.2 Å². The molecule has 1 heterocycles. The lowest BCUT2D eigenvalue weighted by Crippen LogP contribution is -2.47. The summed E-state index contributed by atoms with van der Waals surface area (Å²) >= 11 is 0. The van der Waals surface area contributed by atoms with E-state index in [0.717, 1.165) is 28.0 Å². The zero-order valence-electron chi connectivity index (χ0n) is 17.3. The second-order valence-corrected chi connectivity index (χ2v) is 7.03. The average molecular weight is 407 g/mol. The molecule has 2 aromatic carbocycles. The summed E-state index contributed by atoms with van der Waals surface area (Å²) in [5.41, 5.74) is 8.94. The molecule has 0 unspecified atom stereocenters. The third-order valence-electron chi connectivity index (χ3n) is 4.87. The molecule has 0 bridgehead atoms. The van der Waals surface area contributed by atoms with E-state index in [-0.39, 0.29) is 24.9 Å². The van der Waals surface area contributed by atoms with Gasteiger partial charge in [-0.1, -0.05) is 25.1 Å². The van der Waals surface area contributed by atoms with E-state index in [1.165, 1.54) is 0 Å². The first-order valence-electron chi connectivity index (χ1n) is 9.76. The Kier molecular flexibility index (Phi) is 6.46. The first kappa shape index (κ1) is 21.0. The second kappa shape index (κ2) is 9.21. The molecule has 1 aromatic heterocycles. The molecule has 30 heavy (non-hydrogen) atoms. The number of amides is 3. The van der Waals surface area contributed by atoms with Crippen molar-refractivity contribution in [2.75, 3.05) is 6.54 Å². The molecule has 0 aliphatic heterocycles. The van der Waals surface area contributed by atoms with Crippen LogP contribution in [0.5, 0.6) is 0 Å². The van der Waals surface area contributed by atoms with Crippen LogP contribution >= 0.6 is 0 Å². The largest absolute Gasteiger partial charge is 0.343 e. The number of nitrogens with one attached hydrogen (secondary N) is 3. The van der Waals surface area contributed by atoms with Crippen LogP contribution in [0.25, 0.3) is 11.0 Å². The quantitative estimate of drug-likeness (QED) is 0.542. The first-order chi connectivity index (χ1) is 14.4. The fourth-order valence-corrected chi connectivity index (χ4v) is 3.08. The molecule has 0 atom stereocenters. The molecular weight excluding hydrogens is 382 g/mol. The molecule has 156 valence electrons. The van der Waals surface area contributed by atoms with Gasteiger partial charge in [0.15, 0.2) is 0 Å². The minimum absolute atomic E-state index is 0.0268. The number of fused-ring (bicyclic) bond motifs is 1. The lowest BCUT2D eigenvalue weighted by atomic mass is 10.1. The first-order valence-corrected chi connectivity index (χ1v) is 9.76. The van der Waals surface area contributed by atoms with Crippen molar-refractivity contribution in [3.05, 3.63) is 65.0 Å². The number of carbonyl (C=O) groups is 3. The van der Waals surface area contributed by atoms with E-state index in [9.17, 15) is 14.4 Å². The van der Waals surface area contributed by atoms with Crippen LogP contribution < -0.4 is 16.2 Å². The highest BCUT2D eigenvalue weighted by Crippen LogP contribution is 2.16. The Hall–Kier alpha value is -3.68. The van der Waals surface area contributed by atoms with E-state index < -0.39 is 5.91 Å². The molecule has 0 aliphatic carbocycles. The Morgan fingerprint density at radius 3 is 2.43 bits per heavy atom. The Labute approximate surface area is 174 Å². The van der Waals surface area contributed by atoms with Crippen LogP contribution in [0, 0.1) is 13.8 Å². The van der Waals surface area contributed by atoms with Gasteiger partial charge >= 0.3 is 0 Å². The fraction of sp³-hybridized carbons (Fsp3) is 0.273. The Bertz CT molecular complexity index is 1100. The van der Waals surface area contributed by atoms with Gasteiger partial charge in [-0.25, -0.2) is 4.98 Å². The number of aromatic nitrogens is 2.